The van der Waals surface area contributed by atoms with Crippen LogP contribution in [0.4, 0.5) is 11.4 Å². The van der Waals surface area contributed by atoms with Crippen LogP contribution in [0.25, 0.3) is 6.08 Å². The van der Waals surface area contributed by atoms with E-state index >= 15 is 0 Å². The smallest absolute Gasteiger partial charge is 0.264 e. The molecule has 0 heterocycles. The quantitative estimate of drug-likeness (QED) is 0.403. The van der Waals surface area contributed by atoms with Crippen LogP contribution in [0.5, 0.6) is 0 Å². The molecule has 1 aromatic rings. The standard InChI is InChI=1S/C9H8N2O2/c1-3-7-6-8(11(12)13)4-5-9(7)10-2/h3-6H,1-2H2. The van der Waals surface area contributed by atoms with E-state index in [2.05, 4.69) is 18.3 Å². The Bertz CT molecular complexity index is 372. The zero-order chi connectivity index (χ0) is 9.84. The van der Waals surface area contributed by atoms with Crippen molar-refractivity contribution in [2.75, 3.05) is 0 Å². The highest BCUT2D eigenvalue weighted by atomic mass is 16.6. The Labute approximate surface area is 75.4 Å². The maximum absolute atomic E-state index is 10.4. The van der Waals surface area contributed by atoms with E-state index in [1.165, 1.54) is 18.2 Å². The molecular weight excluding hydrogens is 168 g/mol. The minimum Gasteiger partial charge on any atom is -0.264 e. The lowest BCUT2D eigenvalue weighted by Gasteiger charge is -1.98. The van der Waals surface area contributed by atoms with Crippen molar-refractivity contribution in [2.45, 2.75) is 0 Å². The van der Waals surface area contributed by atoms with Crippen LogP contribution >= 0.6 is 0 Å². The van der Waals surface area contributed by atoms with Crippen molar-refractivity contribution in [3.05, 3.63) is 40.5 Å². The number of nitrogens with zero attached hydrogens (tertiary/aromatic N) is 2. The summed E-state index contributed by atoms with van der Waals surface area (Å²) in [4.78, 5) is 13.6. The summed E-state index contributed by atoms with van der Waals surface area (Å²) in [6, 6.07) is 4.34. The lowest BCUT2D eigenvalue weighted by atomic mass is 10.1. The van der Waals surface area contributed by atoms with E-state index in [4.69, 9.17) is 0 Å². The van der Waals surface area contributed by atoms with Gasteiger partial charge < -0.3 is 0 Å². The average molecular weight is 176 g/mol. The monoisotopic (exact) mass is 176 g/mol. The van der Waals surface area contributed by atoms with Gasteiger partial charge in [-0.15, -0.1) is 0 Å². The van der Waals surface area contributed by atoms with Crippen LogP contribution < -0.4 is 0 Å². The third-order valence-electron chi connectivity index (χ3n) is 1.61. The molecule has 1 rings (SSSR count). The number of nitro benzene ring substituents is 1. The number of aliphatic imine (C=N–C) groups is 1. The Morgan fingerprint density at radius 2 is 2.23 bits per heavy atom. The van der Waals surface area contributed by atoms with Crippen LogP contribution in [0, 0.1) is 10.1 Å². The van der Waals surface area contributed by atoms with Crippen molar-refractivity contribution < 1.29 is 4.92 Å². The molecule has 4 nitrogen and oxygen atoms in total. The summed E-state index contributed by atoms with van der Waals surface area (Å²) in [5.41, 5.74) is 1.24. The van der Waals surface area contributed by atoms with Gasteiger partial charge >= 0.3 is 0 Å². The van der Waals surface area contributed by atoms with Crippen molar-refractivity contribution in [3.63, 3.8) is 0 Å². The van der Waals surface area contributed by atoms with E-state index < -0.39 is 4.92 Å². The summed E-state index contributed by atoms with van der Waals surface area (Å²) in [7, 11) is 0. The topological polar surface area (TPSA) is 55.5 Å². The normalized spacial score (nSPS) is 9.23. The molecule has 0 aromatic heterocycles. The number of rotatable bonds is 3. The first-order chi connectivity index (χ1) is 6.19. The minimum absolute atomic E-state index is 0.0299. The zero-order valence-electron chi connectivity index (χ0n) is 6.93. The fourth-order valence-corrected chi connectivity index (χ4v) is 0.963. The summed E-state index contributed by atoms with van der Waals surface area (Å²) in [6.45, 7) is 6.88. The number of hydrogen-bond acceptors (Lipinski definition) is 3. The lowest BCUT2D eigenvalue weighted by molar-refractivity contribution is -0.384. The minimum atomic E-state index is -0.458. The van der Waals surface area contributed by atoms with Gasteiger partial charge in [-0.2, -0.15) is 0 Å². The molecule has 0 unspecified atom stereocenters. The maximum atomic E-state index is 10.4. The summed E-state index contributed by atoms with van der Waals surface area (Å²) in [6.07, 6.45) is 1.51. The van der Waals surface area contributed by atoms with E-state index in [-0.39, 0.29) is 5.69 Å². The molecule has 13 heavy (non-hydrogen) atoms. The molecule has 0 radical (unpaired) electrons. The summed E-state index contributed by atoms with van der Waals surface area (Å²) in [5.74, 6) is 0. The van der Waals surface area contributed by atoms with E-state index in [0.717, 1.165) is 0 Å². The SMILES string of the molecule is C=Cc1cc([N+](=O)[O-])ccc1N=C. The van der Waals surface area contributed by atoms with Gasteiger partial charge in [0, 0.05) is 17.7 Å². The van der Waals surface area contributed by atoms with Crippen molar-refractivity contribution in [1.29, 1.82) is 0 Å². The molecule has 0 aliphatic heterocycles. The van der Waals surface area contributed by atoms with Crippen LogP contribution in [-0.4, -0.2) is 11.6 Å². The maximum Gasteiger partial charge on any atom is 0.270 e. The Morgan fingerprint density at radius 3 is 2.69 bits per heavy atom. The van der Waals surface area contributed by atoms with E-state index in [1.807, 2.05) is 0 Å². The number of benzene rings is 1. The number of non-ortho nitro benzene ring substituents is 1. The van der Waals surface area contributed by atoms with Crippen molar-refractivity contribution >= 4 is 24.2 Å². The first-order valence-corrected chi connectivity index (χ1v) is 3.56. The van der Waals surface area contributed by atoms with Gasteiger partial charge in [-0.3, -0.25) is 15.1 Å². The second-order valence-electron chi connectivity index (χ2n) is 2.36. The third-order valence-corrected chi connectivity index (χ3v) is 1.61. The second-order valence-corrected chi connectivity index (χ2v) is 2.36. The molecule has 66 valence electrons. The second kappa shape index (κ2) is 3.62. The molecule has 0 amide bonds. The molecule has 0 atom stereocenters. The molecule has 0 spiro atoms. The first kappa shape index (κ1) is 9.12. The Kier molecular flexibility index (Phi) is 2.54. The fraction of sp³-hybridized carbons (Fsp3) is 0. The molecule has 0 fully saturated rings. The average Bonchev–Trinajstić information content (AvgIpc) is 2.16. The Morgan fingerprint density at radius 1 is 1.54 bits per heavy atom. The van der Waals surface area contributed by atoms with E-state index in [1.54, 1.807) is 6.07 Å². The number of nitro groups is 1. The highest BCUT2D eigenvalue weighted by Gasteiger charge is 2.07. The highest BCUT2D eigenvalue weighted by molar-refractivity contribution is 5.67. The summed E-state index contributed by atoms with van der Waals surface area (Å²) >= 11 is 0. The van der Waals surface area contributed by atoms with Crippen LogP contribution in [0.15, 0.2) is 29.8 Å². The van der Waals surface area contributed by atoms with E-state index in [0.29, 0.717) is 11.3 Å². The molecule has 0 saturated carbocycles. The molecule has 0 aliphatic carbocycles. The summed E-state index contributed by atoms with van der Waals surface area (Å²) < 4.78 is 0. The van der Waals surface area contributed by atoms with Crippen molar-refractivity contribution in [1.82, 2.24) is 0 Å². The molecule has 0 bridgehead atoms. The van der Waals surface area contributed by atoms with Crippen LogP contribution in [-0.2, 0) is 0 Å². The third kappa shape index (κ3) is 1.79. The molecule has 1 aromatic carbocycles. The predicted molar refractivity (Wildman–Crippen MR) is 52.4 cm³/mol. The molecule has 0 aliphatic rings. The van der Waals surface area contributed by atoms with Crippen LogP contribution in [0.2, 0.25) is 0 Å². The van der Waals surface area contributed by atoms with Crippen molar-refractivity contribution in [2.24, 2.45) is 4.99 Å². The van der Waals surface area contributed by atoms with Gasteiger partial charge in [0.1, 0.15) is 0 Å². The molecule has 0 saturated heterocycles. The molecular formula is C9H8N2O2. The van der Waals surface area contributed by atoms with E-state index in [9.17, 15) is 10.1 Å². The van der Waals surface area contributed by atoms with Crippen LogP contribution in [0.3, 0.4) is 0 Å². The van der Waals surface area contributed by atoms with Crippen molar-refractivity contribution in [3.8, 4) is 0 Å². The number of hydrogen-bond donors (Lipinski definition) is 0. The van der Waals surface area contributed by atoms with Gasteiger partial charge in [0.15, 0.2) is 0 Å². The fourth-order valence-electron chi connectivity index (χ4n) is 0.963. The zero-order valence-corrected chi connectivity index (χ0v) is 6.93. The summed E-state index contributed by atoms with van der Waals surface area (Å²) in [5, 5.41) is 10.4. The Hall–Kier alpha value is -1.97. The molecule has 0 N–H and O–H groups in total. The van der Waals surface area contributed by atoms with Crippen LogP contribution in [0.1, 0.15) is 5.56 Å². The van der Waals surface area contributed by atoms with Gasteiger partial charge in [0.25, 0.3) is 5.69 Å². The highest BCUT2D eigenvalue weighted by Crippen LogP contribution is 2.24. The first-order valence-electron chi connectivity index (χ1n) is 3.56. The lowest BCUT2D eigenvalue weighted by Crippen LogP contribution is -1.87. The van der Waals surface area contributed by atoms with Gasteiger partial charge in [-0.25, -0.2) is 0 Å². The van der Waals surface area contributed by atoms with Gasteiger partial charge in [0.05, 0.1) is 10.6 Å². The molecule has 4 heteroatoms. The largest absolute Gasteiger partial charge is 0.270 e. The predicted octanol–water partition coefficient (Wildman–Crippen LogP) is 2.57. The van der Waals surface area contributed by atoms with Gasteiger partial charge in [0.2, 0.25) is 0 Å². The van der Waals surface area contributed by atoms with Gasteiger partial charge in [-0.05, 0) is 12.8 Å². The Balaban J connectivity index is 3.28. The van der Waals surface area contributed by atoms with Gasteiger partial charge in [-0.1, -0.05) is 12.7 Å².